The molecule has 25 heavy (non-hydrogen) atoms. The van der Waals surface area contributed by atoms with Gasteiger partial charge in [0.2, 0.25) is 0 Å². The lowest BCUT2D eigenvalue weighted by atomic mass is 10.1. The maximum atomic E-state index is 12.3. The summed E-state index contributed by atoms with van der Waals surface area (Å²) in [6.07, 6.45) is 1.63. The van der Waals surface area contributed by atoms with Gasteiger partial charge < -0.3 is 4.74 Å². The third kappa shape index (κ3) is 4.28. The van der Waals surface area contributed by atoms with E-state index in [1.807, 2.05) is 37.3 Å². The zero-order valence-electron chi connectivity index (χ0n) is 14.1. The summed E-state index contributed by atoms with van der Waals surface area (Å²) in [5.41, 5.74) is 4.24. The van der Waals surface area contributed by atoms with Crippen LogP contribution >= 0.6 is 0 Å². The number of benzene rings is 2. The second-order valence-corrected chi connectivity index (χ2v) is 7.17. The molecule has 0 fully saturated rings. The van der Waals surface area contributed by atoms with Crippen LogP contribution < -0.4 is 0 Å². The minimum absolute atomic E-state index is 0.0619. The van der Waals surface area contributed by atoms with Gasteiger partial charge in [-0.05, 0) is 36.8 Å². The normalized spacial score (nSPS) is 12.1. The number of aromatic nitrogens is 2. The number of nitrogens with zero attached hydrogens (tertiary/aromatic N) is 2. The molecule has 0 aliphatic carbocycles. The standard InChI is InChI=1S/C19H18N2O3S/c1-13-18(21-17-9-4-3-8-16(17)20-13)11-24-19(22)15-7-5-6-14(10-15)12-25(2)23/h3-10H,11-12H2,1-2H3/t25-/m1/s1. The van der Waals surface area contributed by atoms with Gasteiger partial charge in [-0.1, -0.05) is 24.3 Å². The SMILES string of the molecule is Cc1nc2ccccc2nc1COC(=O)c1cccc(C[S@@](C)=O)c1. The minimum Gasteiger partial charge on any atom is -0.456 e. The van der Waals surface area contributed by atoms with Crippen molar-refractivity contribution in [2.24, 2.45) is 0 Å². The third-order valence-electron chi connectivity index (χ3n) is 3.72. The van der Waals surface area contributed by atoms with Crippen LogP contribution in [0.15, 0.2) is 48.5 Å². The van der Waals surface area contributed by atoms with Crippen molar-refractivity contribution >= 4 is 27.8 Å². The van der Waals surface area contributed by atoms with Gasteiger partial charge in [-0.15, -0.1) is 0 Å². The minimum atomic E-state index is -0.958. The Hall–Kier alpha value is -2.60. The average molecular weight is 354 g/mol. The van der Waals surface area contributed by atoms with Gasteiger partial charge >= 0.3 is 5.97 Å². The summed E-state index contributed by atoms with van der Waals surface area (Å²) in [7, 11) is -0.958. The maximum Gasteiger partial charge on any atom is 0.338 e. The maximum absolute atomic E-state index is 12.3. The number of carbonyl (C=O) groups is 1. The Kier molecular flexibility index (Phi) is 5.19. The van der Waals surface area contributed by atoms with Crippen molar-refractivity contribution in [2.45, 2.75) is 19.3 Å². The largest absolute Gasteiger partial charge is 0.456 e. The fourth-order valence-electron chi connectivity index (χ4n) is 2.50. The molecule has 0 unspecified atom stereocenters. The quantitative estimate of drug-likeness (QED) is 0.658. The first kappa shape index (κ1) is 17.2. The summed E-state index contributed by atoms with van der Waals surface area (Å²) >= 11 is 0. The van der Waals surface area contributed by atoms with Crippen LogP contribution in [0.1, 0.15) is 27.3 Å². The molecule has 0 amide bonds. The molecule has 0 N–H and O–H groups in total. The summed E-state index contributed by atoms with van der Waals surface area (Å²) < 4.78 is 16.7. The Morgan fingerprint density at radius 3 is 2.52 bits per heavy atom. The molecule has 1 heterocycles. The van der Waals surface area contributed by atoms with Gasteiger partial charge in [0.05, 0.1) is 28.0 Å². The molecule has 2 aromatic carbocycles. The van der Waals surface area contributed by atoms with Crippen molar-refractivity contribution in [2.75, 3.05) is 6.26 Å². The Morgan fingerprint density at radius 2 is 1.80 bits per heavy atom. The van der Waals surface area contributed by atoms with Crippen molar-refractivity contribution in [1.29, 1.82) is 0 Å². The van der Waals surface area contributed by atoms with Crippen LogP contribution in [0.3, 0.4) is 0 Å². The highest BCUT2D eigenvalue weighted by Gasteiger charge is 2.11. The zero-order valence-corrected chi connectivity index (χ0v) is 14.9. The van der Waals surface area contributed by atoms with E-state index < -0.39 is 16.8 Å². The lowest BCUT2D eigenvalue weighted by molar-refractivity contribution is 0.0467. The molecular formula is C19H18N2O3S. The van der Waals surface area contributed by atoms with Crippen molar-refractivity contribution in [3.05, 3.63) is 71.0 Å². The molecule has 3 aromatic rings. The van der Waals surface area contributed by atoms with Crippen molar-refractivity contribution in [3.8, 4) is 0 Å². The number of hydrogen-bond acceptors (Lipinski definition) is 5. The van der Waals surface area contributed by atoms with E-state index in [1.54, 1.807) is 24.5 Å². The van der Waals surface area contributed by atoms with Crippen LogP contribution in [0, 0.1) is 6.92 Å². The van der Waals surface area contributed by atoms with Crippen LogP contribution in [-0.4, -0.2) is 26.4 Å². The lowest BCUT2D eigenvalue weighted by Crippen LogP contribution is -2.09. The molecule has 3 rings (SSSR count). The first-order valence-corrected chi connectivity index (χ1v) is 9.54. The molecule has 0 spiro atoms. The van der Waals surface area contributed by atoms with Gasteiger partial charge in [-0.25, -0.2) is 14.8 Å². The Labute approximate surface area is 148 Å². The number of ether oxygens (including phenoxy) is 1. The number of rotatable bonds is 5. The lowest BCUT2D eigenvalue weighted by Gasteiger charge is -2.08. The van der Waals surface area contributed by atoms with Gasteiger partial charge in [0, 0.05) is 22.8 Å². The monoisotopic (exact) mass is 354 g/mol. The molecule has 1 aromatic heterocycles. The number of para-hydroxylation sites is 2. The molecular weight excluding hydrogens is 336 g/mol. The van der Waals surface area contributed by atoms with Crippen molar-refractivity contribution in [3.63, 3.8) is 0 Å². The molecule has 6 heteroatoms. The molecule has 0 saturated carbocycles. The third-order valence-corrected chi connectivity index (χ3v) is 4.46. The number of esters is 1. The molecule has 128 valence electrons. The van der Waals surface area contributed by atoms with Crippen molar-refractivity contribution in [1.82, 2.24) is 9.97 Å². The predicted molar refractivity (Wildman–Crippen MR) is 97.6 cm³/mol. The fourth-order valence-corrected chi connectivity index (χ4v) is 3.15. The second-order valence-electron chi connectivity index (χ2n) is 5.74. The second kappa shape index (κ2) is 7.53. The number of fused-ring (bicyclic) bond motifs is 1. The van der Waals surface area contributed by atoms with Gasteiger partial charge in [-0.2, -0.15) is 0 Å². The molecule has 5 nitrogen and oxygen atoms in total. The van der Waals surface area contributed by atoms with Gasteiger partial charge in [0.25, 0.3) is 0 Å². The number of aryl methyl sites for hydroxylation is 1. The highest BCUT2D eigenvalue weighted by atomic mass is 32.2. The molecule has 0 saturated heterocycles. The van der Waals surface area contributed by atoms with E-state index in [0.717, 1.165) is 22.3 Å². The Morgan fingerprint density at radius 1 is 1.08 bits per heavy atom. The summed E-state index contributed by atoms with van der Waals surface area (Å²) in [4.78, 5) is 21.3. The zero-order chi connectivity index (χ0) is 17.8. The van der Waals surface area contributed by atoms with E-state index in [9.17, 15) is 9.00 Å². The number of carbonyl (C=O) groups excluding carboxylic acids is 1. The van der Waals surface area contributed by atoms with E-state index in [4.69, 9.17) is 4.74 Å². The van der Waals surface area contributed by atoms with Crippen LogP contribution in [0.25, 0.3) is 11.0 Å². The van der Waals surface area contributed by atoms with Gasteiger partial charge in [-0.3, -0.25) is 4.21 Å². The smallest absolute Gasteiger partial charge is 0.338 e. The molecule has 0 aliphatic rings. The fraction of sp³-hybridized carbons (Fsp3) is 0.211. The van der Waals surface area contributed by atoms with Gasteiger partial charge in [0.15, 0.2) is 0 Å². The Bertz CT molecular complexity index is 956. The van der Waals surface area contributed by atoms with E-state index in [-0.39, 0.29) is 6.61 Å². The average Bonchev–Trinajstić information content (AvgIpc) is 2.59. The summed E-state index contributed by atoms with van der Waals surface area (Å²) in [6.45, 7) is 1.91. The first-order valence-electron chi connectivity index (χ1n) is 7.81. The molecule has 0 radical (unpaired) electrons. The topological polar surface area (TPSA) is 69.2 Å². The van der Waals surface area contributed by atoms with Crippen LogP contribution in [0.5, 0.6) is 0 Å². The van der Waals surface area contributed by atoms with Crippen LogP contribution in [0.4, 0.5) is 0 Å². The van der Waals surface area contributed by atoms with E-state index in [2.05, 4.69) is 9.97 Å². The van der Waals surface area contributed by atoms with Crippen LogP contribution in [-0.2, 0) is 27.9 Å². The highest BCUT2D eigenvalue weighted by molar-refractivity contribution is 7.83. The predicted octanol–water partition coefficient (Wildman–Crippen LogP) is 3.17. The highest BCUT2D eigenvalue weighted by Crippen LogP contribution is 2.14. The van der Waals surface area contributed by atoms with Crippen LogP contribution in [0.2, 0.25) is 0 Å². The molecule has 0 aliphatic heterocycles. The Balaban J connectivity index is 1.74. The molecule has 1 atom stereocenters. The van der Waals surface area contributed by atoms with Crippen molar-refractivity contribution < 1.29 is 13.7 Å². The van der Waals surface area contributed by atoms with E-state index >= 15 is 0 Å². The number of hydrogen-bond donors (Lipinski definition) is 0. The summed E-state index contributed by atoms with van der Waals surface area (Å²) in [5, 5.41) is 0. The summed E-state index contributed by atoms with van der Waals surface area (Å²) in [5.74, 6) is -0.0192. The first-order chi connectivity index (χ1) is 12.0. The van der Waals surface area contributed by atoms with Gasteiger partial charge in [0.1, 0.15) is 6.61 Å². The summed E-state index contributed by atoms with van der Waals surface area (Å²) in [6, 6.07) is 14.6. The molecule has 0 bridgehead atoms. The van der Waals surface area contributed by atoms with E-state index in [0.29, 0.717) is 17.0 Å². The van der Waals surface area contributed by atoms with E-state index in [1.165, 1.54) is 0 Å².